The number of halogens is 3. The summed E-state index contributed by atoms with van der Waals surface area (Å²) in [6.45, 7) is 0.398. The number of nitrogens with one attached hydrogen (secondary N) is 1. The second kappa shape index (κ2) is 11.2. The van der Waals surface area contributed by atoms with Crippen LogP contribution in [-0.2, 0) is 11.4 Å². The van der Waals surface area contributed by atoms with Gasteiger partial charge in [0.1, 0.15) is 24.0 Å². The van der Waals surface area contributed by atoms with E-state index in [1.165, 1.54) is 0 Å². The lowest BCUT2D eigenvalue weighted by Crippen LogP contribution is -2.13. The fourth-order valence-corrected chi connectivity index (χ4v) is 5.23. The summed E-state index contributed by atoms with van der Waals surface area (Å²) in [5.41, 5.74) is 2.40. The van der Waals surface area contributed by atoms with Crippen molar-refractivity contribution in [1.82, 2.24) is 0 Å². The predicted molar refractivity (Wildman–Crippen MR) is 152 cm³/mol. The lowest BCUT2D eigenvalue weighted by Gasteiger charge is -2.13. The van der Waals surface area contributed by atoms with E-state index in [1.807, 2.05) is 54.6 Å². The first-order chi connectivity index (χ1) is 16.4. The maximum Gasteiger partial charge on any atom is 0.266 e. The number of rotatable bonds is 6. The zero-order valence-corrected chi connectivity index (χ0v) is 23.0. The van der Waals surface area contributed by atoms with E-state index in [0.29, 0.717) is 32.6 Å². The summed E-state index contributed by atoms with van der Waals surface area (Å²) in [4.78, 5) is 12.6. The van der Waals surface area contributed by atoms with Gasteiger partial charge < -0.3 is 10.1 Å². The summed E-state index contributed by atoms with van der Waals surface area (Å²) in [6.07, 6.45) is 1.55. The molecule has 0 saturated heterocycles. The molecule has 0 aromatic heterocycles. The van der Waals surface area contributed by atoms with Gasteiger partial charge in [0.05, 0.1) is 8.95 Å². The van der Waals surface area contributed by atoms with Crippen LogP contribution in [0.4, 0.5) is 5.69 Å². The van der Waals surface area contributed by atoms with Crippen LogP contribution in [0, 0.1) is 14.9 Å². The maximum absolute atomic E-state index is 12.6. The van der Waals surface area contributed by atoms with E-state index < -0.39 is 5.91 Å². The minimum Gasteiger partial charge on any atom is -0.487 e. The van der Waals surface area contributed by atoms with Crippen LogP contribution in [0.25, 0.3) is 16.8 Å². The molecule has 0 unspecified atom stereocenters. The SMILES string of the molecule is N#C/C(=C/c1cc(Br)c(OCc2cccc3ccccc23)c(Br)c1)C(=O)Nc1ccc(I)cc1. The van der Waals surface area contributed by atoms with Crippen LogP contribution in [0.1, 0.15) is 11.1 Å². The number of ether oxygens (including phenoxy) is 1. The van der Waals surface area contributed by atoms with Gasteiger partial charge in [0.15, 0.2) is 0 Å². The summed E-state index contributed by atoms with van der Waals surface area (Å²) in [6, 6.07) is 27.3. The zero-order valence-electron chi connectivity index (χ0n) is 17.7. The molecule has 0 fully saturated rings. The number of carbonyl (C=O) groups is 1. The molecule has 7 heteroatoms. The van der Waals surface area contributed by atoms with Gasteiger partial charge in [-0.25, -0.2) is 0 Å². The molecule has 34 heavy (non-hydrogen) atoms. The number of hydrogen-bond acceptors (Lipinski definition) is 3. The van der Waals surface area contributed by atoms with Gasteiger partial charge in [-0.15, -0.1) is 0 Å². The fourth-order valence-electron chi connectivity index (χ4n) is 3.42. The van der Waals surface area contributed by atoms with Crippen LogP contribution in [0.15, 0.2) is 93.4 Å². The fraction of sp³-hybridized carbons (Fsp3) is 0.0370. The molecular weight excluding hydrogens is 671 g/mol. The van der Waals surface area contributed by atoms with Crippen molar-refractivity contribution in [3.8, 4) is 11.8 Å². The zero-order chi connectivity index (χ0) is 24.1. The summed E-state index contributed by atoms with van der Waals surface area (Å²) in [5.74, 6) is 0.180. The highest BCUT2D eigenvalue weighted by Gasteiger charge is 2.13. The number of nitriles is 1. The smallest absolute Gasteiger partial charge is 0.266 e. The molecule has 4 aromatic rings. The van der Waals surface area contributed by atoms with Gasteiger partial charge in [0, 0.05) is 9.26 Å². The number of nitrogens with zero attached hydrogens (tertiary/aromatic N) is 1. The Balaban J connectivity index is 1.53. The predicted octanol–water partition coefficient (Wildman–Crippen LogP) is 8.09. The van der Waals surface area contributed by atoms with Gasteiger partial charge in [-0.2, -0.15) is 5.26 Å². The van der Waals surface area contributed by atoms with Crippen LogP contribution in [0.5, 0.6) is 5.75 Å². The van der Waals surface area contributed by atoms with Crippen LogP contribution in [0.2, 0.25) is 0 Å². The minimum atomic E-state index is -0.466. The third-order valence-electron chi connectivity index (χ3n) is 5.05. The Bertz CT molecular complexity index is 1420. The molecule has 1 N–H and O–H groups in total. The molecule has 0 aliphatic heterocycles. The normalized spacial score (nSPS) is 11.2. The topological polar surface area (TPSA) is 62.1 Å². The Kier molecular flexibility index (Phi) is 8.03. The van der Waals surface area contributed by atoms with E-state index in [2.05, 4.69) is 78.0 Å². The number of carbonyl (C=O) groups excluding carboxylic acids is 1. The number of anilines is 1. The summed E-state index contributed by atoms with van der Waals surface area (Å²) in [7, 11) is 0. The van der Waals surface area contributed by atoms with Gasteiger partial charge in [-0.3, -0.25) is 4.79 Å². The van der Waals surface area contributed by atoms with E-state index >= 15 is 0 Å². The molecule has 0 heterocycles. The van der Waals surface area contributed by atoms with Gasteiger partial charge in [0.2, 0.25) is 0 Å². The molecule has 0 atom stereocenters. The molecule has 4 nitrogen and oxygen atoms in total. The second-order valence-electron chi connectivity index (χ2n) is 7.37. The van der Waals surface area contributed by atoms with Crippen LogP contribution in [-0.4, -0.2) is 5.91 Å². The molecular formula is C27H17Br2IN2O2. The molecule has 4 rings (SSSR count). The van der Waals surface area contributed by atoms with Crippen molar-refractivity contribution in [2.24, 2.45) is 0 Å². The van der Waals surface area contributed by atoms with E-state index in [9.17, 15) is 10.1 Å². The summed E-state index contributed by atoms with van der Waals surface area (Å²) < 4.78 is 8.61. The highest BCUT2D eigenvalue weighted by atomic mass is 127. The summed E-state index contributed by atoms with van der Waals surface area (Å²) >= 11 is 9.32. The monoisotopic (exact) mass is 686 g/mol. The number of amides is 1. The largest absolute Gasteiger partial charge is 0.487 e. The highest BCUT2D eigenvalue weighted by Crippen LogP contribution is 2.36. The van der Waals surface area contributed by atoms with Crippen molar-refractivity contribution in [3.05, 3.63) is 108 Å². The molecule has 1 amide bonds. The van der Waals surface area contributed by atoms with Crippen molar-refractivity contribution in [2.75, 3.05) is 5.32 Å². The molecule has 0 saturated carbocycles. The van der Waals surface area contributed by atoms with E-state index in [0.717, 1.165) is 19.9 Å². The standard InChI is InChI=1S/C27H17Br2IN2O2/c28-24-13-17(12-20(15-31)27(33)32-22-10-8-21(30)9-11-22)14-25(29)26(24)34-16-19-6-3-5-18-4-1-2-7-23(18)19/h1-14H,16H2,(H,32,33)/b20-12-. The number of benzene rings is 4. The van der Waals surface area contributed by atoms with Crippen LogP contribution in [0.3, 0.4) is 0 Å². The lowest BCUT2D eigenvalue weighted by molar-refractivity contribution is -0.112. The Morgan fingerprint density at radius 1 is 1.00 bits per heavy atom. The van der Waals surface area contributed by atoms with Crippen molar-refractivity contribution >= 4 is 82.9 Å². The molecule has 0 bridgehead atoms. The third-order valence-corrected chi connectivity index (χ3v) is 6.95. The molecule has 4 aromatic carbocycles. The average Bonchev–Trinajstić information content (AvgIpc) is 2.83. The second-order valence-corrected chi connectivity index (χ2v) is 10.3. The van der Waals surface area contributed by atoms with Crippen molar-refractivity contribution in [1.29, 1.82) is 5.26 Å². The van der Waals surface area contributed by atoms with E-state index in [4.69, 9.17) is 4.74 Å². The first kappa shape index (κ1) is 24.5. The van der Waals surface area contributed by atoms with Gasteiger partial charge in [-0.1, -0.05) is 42.5 Å². The molecule has 0 radical (unpaired) electrons. The van der Waals surface area contributed by atoms with Gasteiger partial charge in [-0.05, 0) is 119 Å². The first-order valence-corrected chi connectivity index (χ1v) is 12.9. The molecule has 168 valence electrons. The minimum absolute atomic E-state index is 0.00164. The molecule has 0 aliphatic rings. The van der Waals surface area contributed by atoms with Gasteiger partial charge >= 0.3 is 0 Å². The highest BCUT2D eigenvalue weighted by molar-refractivity contribution is 14.1. The number of hydrogen-bond donors (Lipinski definition) is 1. The van der Waals surface area contributed by atoms with Crippen LogP contribution < -0.4 is 10.1 Å². The van der Waals surface area contributed by atoms with Gasteiger partial charge in [0.25, 0.3) is 5.91 Å². The van der Waals surface area contributed by atoms with Crippen molar-refractivity contribution in [2.45, 2.75) is 6.61 Å². The Morgan fingerprint density at radius 2 is 1.68 bits per heavy atom. The van der Waals surface area contributed by atoms with E-state index in [1.54, 1.807) is 18.2 Å². The average molecular weight is 688 g/mol. The summed E-state index contributed by atoms with van der Waals surface area (Å²) in [5, 5.41) is 14.6. The Morgan fingerprint density at radius 3 is 2.38 bits per heavy atom. The maximum atomic E-state index is 12.6. The first-order valence-electron chi connectivity index (χ1n) is 10.2. The third kappa shape index (κ3) is 5.87. The van der Waals surface area contributed by atoms with Crippen LogP contribution >= 0.6 is 54.5 Å². The Labute approximate surface area is 228 Å². The van der Waals surface area contributed by atoms with Crippen molar-refractivity contribution < 1.29 is 9.53 Å². The molecule has 0 aliphatic carbocycles. The number of fused-ring (bicyclic) bond motifs is 1. The van der Waals surface area contributed by atoms with Crippen molar-refractivity contribution in [3.63, 3.8) is 0 Å². The van der Waals surface area contributed by atoms with E-state index in [-0.39, 0.29) is 5.57 Å². The lowest BCUT2D eigenvalue weighted by atomic mass is 10.1. The molecule has 0 spiro atoms. The Hall–Kier alpha value is -2.67. The quantitative estimate of drug-likeness (QED) is 0.127.